The molecule has 0 saturated heterocycles. The fraction of sp³-hybridized carbons (Fsp3) is 0.217. The molecule has 0 fully saturated rings. The molecule has 2 heterocycles. The van der Waals surface area contributed by atoms with Crippen LogP contribution in [0, 0.1) is 0 Å². The number of anilines is 1. The Bertz CT molecular complexity index is 1320. The smallest absolute Gasteiger partial charge is 0.260 e. The first kappa shape index (κ1) is 21.3. The summed E-state index contributed by atoms with van der Waals surface area (Å²) >= 11 is 1.43. The number of amides is 1. The molecule has 0 spiro atoms. The zero-order valence-electron chi connectivity index (χ0n) is 17.2. The van der Waals surface area contributed by atoms with Crippen molar-refractivity contribution < 1.29 is 17.6 Å². The number of aromatic nitrogens is 1. The number of hydrogen-bond acceptors (Lipinski definition) is 6. The third-order valence-corrected chi connectivity index (χ3v) is 7.84. The van der Waals surface area contributed by atoms with Crippen LogP contribution in [0.5, 0.6) is 0 Å². The number of fused-ring (bicyclic) bond motifs is 1. The van der Waals surface area contributed by atoms with Crippen molar-refractivity contribution in [1.29, 1.82) is 0 Å². The van der Waals surface area contributed by atoms with E-state index in [2.05, 4.69) is 6.92 Å². The number of para-hydroxylation sites is 1. The minimum absolute atomic E-state index is 0.0293. The summed E-state index contributed by atoms with van der Waals surface area (Å²) in [5, 5.41) is 0.543. The Morgan fingerprint density at radius 3 is 2.61 bits per heavy atom. The van der Waals surface area contributed by atoms with Gasteiger partial charge in [-0.05, 0) is 48.4 Å². The van der Waals surface area contributed by atoms with E-state index in [-0.39, 0.29) is 28.7 Å². The molecule has 0 bridgehead atoms. The Balaban J connectivity index is 1.79. The Labute approximate surface area is 185 Å². The maximum Gasteiger partial charge on any atom is 0.260 e. The molecule has 0 radical (unpaired) electrons. The Kier molecular flexibility index (Phi) is 5.93. The Hall–Kier alpha value is -2.97. The standard InChI is InChI=1S/C23H22N2O4S2/c1-3-16-8-6-12-20-21(16)24-23(30-20)25(15-18-10-7-13-29-18)22(26)17-9-5-11-19(14-17)31(27,28)4-2/h5-14H,3-4,15H2,1-2H3. The molecule has 0 saturated carbocycles. The van der Waals surface area contributed by atoms with Crippen LogP contribution in [0.4, 0.5) is 5.13 Å². The molecule has 160 valence electrons. The lowest BCUT2D eigenvalue weighted by molar-refractivity contribution is 0.0983. The molecule has 6 nitrogen and oxygen atoms in total. The molecular formula is C23H22N2O4S2. The number of rotatable bonds is 7. The van der Waals surface area contributed by atoms with Gasteiger partial charge < -0.3 is 4.42 Å². The van der Waals surface area contributed by atoms with E-state index in [1.54, 1.807) is 42.4 Å². The fourth-order valence-corrected chi connectivity index (χ4v) is 5.26. The molecule has 8 heteroatoms. The second-order valence-corrected chi connectivity index (χ2v) is 10.3. The molecule has 2 aromatic heterocycles. The van der Waals surface area contributed by atoms with E-state index in [1.165, 1.54) is 23.5 Å². The van der Waals surface area contributed by atoms with E-state index in [4.69, 9.17) is 9.40 Å². The van der Waals surface area contributed by atoms with Crippen LogP contribution in [0.2, 0.25) is 0 Å². The van der Waals surface area contributed by atoms with Crippen molar-refractivity contribution in [3.63, 3.8) is 0 Å². The van der Waals surface area contributed by atoms with Crippen molar-refractivity contribution >= 4 is 42.4 Å². The molecule has 2 aromatic carbocycles. The van der Waals surface area contributed by atoms with Crippen LogP contribution in [-0.4, -0.2) is 25.1 Å². The van der Waals surface area contributed by atoms with Gasteiger partial charge in [-0.15, -0.1) is 0 Å². The third-order valence-electron chi connectivity index (χ3n) is 5.06. The lowest BCUT2D eigenvalue weighted by Crippen LogP contribution is -2.30. The predicted molar refractivity (Wildman–Crippen MR) is 122 cm³/mol. The van der Waals surface area contributed by atoms with Crippen LogP contribution in [0.25, 0.3) is 10.2 Å². The lowest BCUT2D eigenvalue weighted by atomic mass is 10.1. The molecular weight excluding hydrogens is 432 g/mol. The summed E-state index contributed by atoms with van der Waals surface area (Å²) < 4.78 is 31.1. The summed E-state index contributed by atoms with van der Waals surface area (Å²) in [6.07, 6.45) is 2.39. The zero-order valence-corrected chi connectivity index (χ0v) is 18.9. The zero-order chi connectivity index (χ0) is 22.0. The summed E-state index contributed by atoms with van der Waals surface area (Å²) in [5.41, 5.74) is 2.28. The second-order valence-electron chi connectivity index (χ2n) is 7.02. The molecule has 31 heavy (non-hydrogen) atoms. The summed E-state index contributed by atoms with van der Waals surface area (Å²) in [5.74, 6) is 0.251. The minimum atomic E-state index is -3.43. The molecule has 0 aliphatic heterocycles. The third kappa shape index (κ3) is 4.26. The molecule has 1 amide bonds. The number of sulfone groups is 1. The Morgan fingerprint density at radius 1 is 1.10 bits per heavy atom. The first-order chi connectivity index (χ1) is 14.9. The monoisotopic (exact) mass is 454 g/mol. The highest BCUT2D eigenvalue weighted by atomic mass is 32.2. The van der Waals surface area contributed by atoms with E-state index >= 15 is 0 Å². The van der Waals surface area contributed by atoms with E-state index < -0.39 is 9.84 Å². The van der Waals surface area contributed by atoms with Gasteiger partial charge in [0, 0.05) is 5.56 Å². The van der Waals surface area contributed by atoms with E-state index in [0.29, 0.717) is 10.9 Å². The van der Waals surface area contributed by atoms with Crippen molar-refractivity contribution in [2.75, 3.05) is 10.7 Å². The molecule has 0 aliphatic rings. The van der Waals surface area contributed by atoms with Gasteiger partial charge in [-0.1, -0.05) is 43.4 Å². The maximum absolute atomic E-state index is 13.5. The van der Waals surface area contributed by atoms with Crippen LogP contribution >= 0.6 is 11.3 Å². The van der Waals surface area contributed by atoms with Gasteiger partial charge in [-0.2, -0.15) is 0 Å². The van der Waals surface area contributed by atoms with Gasteiger partial charge in [-0.25, -0.2) is 13.4 Å². The minimum Gasteiger partial charge on any atom is -0.467 e. The number of hydrogen-bond donors (Lipinski definition) is 0. The SMILES string of the molecule is CCc1cccc2sc(N(Cc3ccco3)C(=O)c3cccc(S(=O)(=O)CC)c3)nc12. The van der Waals surface area contributed by atoms with E-state index in [0.717, 1.165) is 22.2 Å². The number of furan rings is 1. The average Bonchev–Trinajstić information content (AvgIpc) is 3.46. The predicted octanol–water partition coefficient (Wildman–Crippen LogP) is 5.09. The average molecular weight is 455 g/mol. The van der Waals surface area contributed by atoms with Crippen LogP contribution < -0.4 is 4.90 Å². The summed E-state index contributed by atoms with van der Waals surface area (Å²) in [6.45, 7) is 3.84. The number of carbonyl (C=O) groups excluding carboxylic acids is 1. The summed E-state index contributed by atoms with van der Waals surface area (Å²) in [6, 6.07) is 15.7. The number of benzene rings is 2. The van der Waals surface area contributed by atoms with Crippen LogP contribution in [0.15, 0.2) is 70.2 Å². The first-order valence-electron chi connectivity index (χ1n) is 9.98. The fourth-order valence-electron chi connectivity index (χ4n) is 3.32. The lowest BCUT2D eigenvalue weighted by Gasteiger charge is -2.19. The van der Waals surface area contributed by atoms with Crippen molar-refractivity contribution in [3.8, 4) is 0 Å². The summed E-state index contributed by atoms with van der Waals surface area (Å²) in [4.78, 5) is 20.0. The highest BCUT2D eigenvalue weighted by Gasteiger charge is 2.24. The number of carbonyl (C=O) groups is 1. The quantitative estimate of drug-likeness (QED) is 0.388. The molecule has 0 N–H and O–H groups in total. The molecule has 0 atom stereocenters. The van der Waals surface area contributed by atoms with Crippen LogP contribution in [0.3, 0.4) is 0 Å². The van der Waals surface area contributed by atoms with Gasteiger partial charge in [0.15, 0.2) is 15.0 Å². The van der Waals surface area contributed by atoms with E-state index in [1.807, 2.05) is 18.2 Å². The number of thiazole rings is 1. The van der Waals surface area contributed by atoms with Gasteiger partial charge in [0.2, 0.25) is 0 Å². The summed E-state index contributed by atoms with van der Waals surface area (Å²) in [7, 11) is -3.43. The van der Waals surface area contributed by atoms with Gasteiger partial charge in [0.05, 0.1) is 33.7 Å². The number of nitrogens with zero attached hydrogens (tertiary/aromatic N) is 2. The van der Waals surface area contributed by atoms with Gasteiger partial charge in [0.25, 0.3) is 5.91 Å². The van der Waals surface area contributed by atoms with Crippen molar-refractivity contribution in [1.82, 2.24) is 4.98 Å². The molecule has 0 unspecified atom stereocenters. The first-order valence-corrected chi connectivity index (χ1v) is 12.4. The molecule has 4 rings (SSSR count). The van der Waals surface area contributed by atoms with Crippen molar-refractivity contribution in [2.45, 2.75) is 31.7 Å². The topological polar surface area (TPSA) is 80.5 Å². The highest BCUT2D eigenvalue weighted by molar-refractivity contribution is 7.91. The van der Waals surface area contributed by atoms with Gasteiger partial charge >= 0.3 is 0 Å². The second kappa shape index (κ2) is 8.64. The van der Waals surface area contributed by atoms with Gasteiger partial charge in [0.1, 0.15) is 5.76 Å². The number of aryl methyl sites for hydroxylation is 1. The van der Waals surface area contributed by atoms with Crippen molar-refractivity contribution in [2.24, 2.45) is 0 Å². The largest absolute Gasteiger partial charge is 0.467 e. The van der Waals surface area contributed by atoms with Crippen molar-refractivity contribution in [3.05, 3.63) is 77.7 Å². The molecule has 4 aromatic rings. The maximum atomic E-state index is 13.5. The van der Waals surface area contributed by atoms with Crippen LogP contribution in [-0.2, 0) is 22.8 Å². The van der Waals surface area contributed by atoms with Crippen LogP contribution in [0.1, 0.15) is 35.5 Å². The highest BCUT2D eigenvalue weighted by Crippen LogP contribution is 2.33. The van der Waals surface area contributed by atoms with E-state index in [9.17, 15) is 13.2 Å². The van der Waals surface area contributed by atoms with Gasteiger partial charge in [-0.3, -0.25) is 9.69 Å². The molecule has 0 aliphatic carbocycles. The Morgan fingerprint density at radius 2 is 1.90 bits per heavy atom. The normalized spacial score (nSPS) is 11.7.